The van der Waals surface area contributed by atoms with Gasteiger partial charge in [-0.25, -0.2) is 0 Å². The van der Waals surface area contributed by atoms with E-state index in [2.05, 4.69) is 17.0 Å². The van der Waals surface area contributed by atoms with Crippen LogP contribution in [-0.4, -0.2) is 40.2 Å². The molecule has 23 heavy (non-hydrogen) atoms. The zero-order chi connectivity index (χ0) is 16.2. The number of aromatic hydroxyl groups is 1. The van der Waals surface area contributed by atoms with Crippen LogP contribution in [0.4, 0.5) is 0 Å². The topological polar surface area (TPSA) is 60.8 Å². The predicted octanol–water partition coefficient (Wildman–Crippen LogP) is 3.15. The first-order valence-electron chi connectivity index (χ1n) is 7.99. The summed E-state index contributed by atoms with van der Waals surface area (Å²) in [4.78, 5) is 13.3. The van der Waals surface area contributed by atoms with Crippen molar-refractivity contribution in [3.05, 3.63) is 54.1 Å². The van der Waals surface area contributed by atoms with Crippen LogP contribution in [0.3, 0.4) is 0 Å². The van der Waals surface area contributed by atoms with Gasteiger partial charge >= 0.3 is 5.97 Å². The molecule has 2 N–H and O–H groups in total. The first-order chi connectivity index (χ1) is 11.1. The zero-order valence-electron chi connectivity index (χ0n) is 13.0. The van der Waals surface area contributed by atoms with E-state index >= 15 is 0 Å². The maximum atomic E-state index is 11.2. The highest BCUT2D eigenvalue weighted by Gasteiger charge is 2.29. The van der Waals surface area contributed by atoms with Crippen LogP contribution in [0.1, 0.15) is 18.4 Å². The third kappa shape index (κ3) is 3.71. The first kappa shape index (κ1) is 15.6. The quantitative estimate of drug-likeness (QED) is 0.890. The van der Waals surface area contributed by atoms with E-state index in [9.17, 15) is 15.0 Å². The molecule has 0 aliphatic carbocycles. The van der Waals surface area contributed by atoms with Crippen molar-refractivity contribution in [3.8, 4) is 16.9 Å². The summed E-state index contributed by atoms with van der Waals surface area (Å²) in [6.45, 7) is 1.65. The second-order valence-corrected chi connectivity index (χ2v) is 6.03. The highest BCUT2D eigenvalue weighted by atomic mass is 16.4. The molecule has 1 saturated heterocycles. The summed E-state index contributed by atoms with van der Waals surface area (Å²) in [6, 6.07) is 15.1. The fraction of sp³-hybridized carbons (Fsp3) is 0.316. The Morgan fingerprint density at radius 3 is 2.61 bits per heavy atom. The number of phenolic OH excluding ortho intramolecular Hbond substituents is 1. The molecule has 0 amide bonds. The van der Waals surface area contributed by atoms with Gasteiger partial charge in [-0.05, 0) is 54.6 Å². The number of hydrogen-bond acceptors (Lipinski definition) is 3. The lowest BCUT2D eigenvalue weighted by atomic mass is 10.0. The van der Waals surface area contributed by atoms with Gasteiger partial charge in [0.1, 0.15) is 11.8 Å². The second-order valence-electron chi connectivity index (χ2n) is 6.03. The molecule has 0 saturated carbocycles. The smallest absolute Gasteiger partial charge is 0.320 e. The third-order valence-corrected chi connectivity index (χ3v) is 4.47. The van der Waals surface area contributed by atoms with Gasteiger partial charge in [-0.15, -0.1) is 0 Å². The molecule has 1 heterocycles. The standard InChI is InChI=1S/C19H21NO3/c21-17-4-1-3-16(13-17)15-8-6-14(7-9-15)10-12-20-11-2-5-18(20)19(22)23/h1,3-4,6-9,13,18,21H,2,5,10-12H2,(H,22,23)/t18-/m0/s1. The van der Waals surface area contributed by atoms with Crippen molar-refractivity contribution in [1.29, 1.82) is 0 Å². The van der Waals surface area contributed by atoms with Crippen molar-refractivity contribution in [2.24, 2.45) is 0 Å². The van der Waals surface area contributed by atoms with E-state index in [-0.39, 0.29) is 11.8 Å². The van der Waals surface area contributed by atoms with Crippen LogP contribution < -0.4 is 0 Å². The first-order valence-corrected chi connectivity index (χ1v) is 7.99. The lowest BCUT2D eigenvalue weighted by Crippen LogP contribution is -2.37. The highest BCUT2D eigenvalue weighted by Crippen LogP contribution is 2.24. The Bertz CT molecular complexity index is 681. The monoisotopic (exact) mass is 311 g/mol. The average molecular weight is 311 g/mol. The van der Waals surface area contributed by atoms with Gasteiger partial charge < -0.3 is 10.2 Å². The van der Waals surface area contributed by atoms with E-state index in [1.54, 1.807) is 12.1 Å². The highest BCUT2D eigenvalue weighted by molar-refractivity contribution is 5.73. The number of phenols is 1. The number of carboxylic acid groups (broad SMARTS) is 1. The molecule has 0 aromatic heterocycles. The Balaban J connectivity index is 1.63. The van der Waals surface area contributed by atoms with Crippen molar-refractivity contribution < 1.29 is 15.0 Å². The Hall–Kier alpha value is -2.33. The predicted molar refractivity (Wildman–Crippen MR) is 89.5 cm³/mol. The van der Waals surface area contributed by atoms with E-state index in [4.69, 9.17) is 0 Å². The number of carboxylic acids is 1. The van der Waals surface area contributed by atoms with Crippen LogP contribution in [0.25, 0.3) is 11.1 Å². The summed E-state index contributed by atoms with van der Waals surface area (Å²) in [6.07, 6.45) is 2.57. The fourth-order valence-corrected chi connectivity index (χ4v) is 3.20. The summed E-state index contributed by atoms with van der Waals surface area (Å²) in [7, 11) is 0. The Labute approximate surface area is 136 Å². The number of rotatable bonds is 5. The molecule has 0 unspecified atom stereocenters. The molecule has 1 fully saturated rings. The Morgan fingerprint density at radius 2 is 1.91 bits per heavy atom. The molecular weight excluding hydrogens is 290 g/mol. The van der Waals surface area contributed by atoms with Crippen LogP contribution in [0.15, 0.2) is 48.5 Å². The van der Waals surface area contributed by atoms with Crippen LogP contribution >= 0.6 is 0 Å². The minimum atomic E-state index is -0.707. The molecule has 4 nitrogen and oxygen atoms in total. The normalized spacial score (nSPS) is 18.2. The van der Waals surface area contributed by atoms with Crippen molar-refractivity contribution in [1.82, 2.24) is 4.90 Å². The molecule has 0 bridgehead atoms. The lowest BCUT2D eigenvalue weighted by Gasteiger charge is -2.20. The van der Waals surface area contributed by atoms with Crippen molar-refractivity contribution in [2.45, 2.75) is 25.3 Å². The Morgan fingerprint density at radius 1 is 1.13 bits per heavy atom. The van der Waals surface area contributed by atoms with E-state index in [1.165, 1.54) is 5.56 Å². The van der Waals surface area contributed by atoms with E-state index < -0.39 is 5.97 Å². The summed E-state index contributed by atoms with van der Waals surface area (Å²) in [5.74, 6) is -0.443. The van der Waals surface area contributed by atoms with Gasteiger partial charge in [-0.1, -0.05) is 36.4 Å². The summed E-state index contributed by atoms with van der Waals surface area (Å²) in [5, 5.41) is 18.8. The molecule has 2 aromatic rings. The number of aliphatic carboxylic acids is 1. The summed E-state index contributed by atoms with van der Waals surface area (Å²) < 4.78 is 0. The van der Waals surface area contributed by atoms with Gasteiger partial charge in [0.15, 0.2) is 0 Å². The molecule has 3 rings (SSSR count). The van der Waals surface area contributed by atoms with Crippen molar-refractivity contribution >= 4 is 5.97 Å². The van der Waals surface area contributed by atoms with Crippen LogP contribution in [0.5, 0.6) is 5.75 Å². The molecule has 0 spiro atoms. The number of nitrogens with zero attached hydrogens (tertiary/aromatic N) is 1. The van der Waals surface area contributed by atoms with Crippen molar-refractivity contribution in [2.75, 3.05) is 13.1 Å². The van der Waals surface area contributed by atoms with Crippen molar-refractivity contribution in [3.63, 3.8) is 0 Å². The van der Waals surface area contributed by atoms with Gasteiger partial charge in [-0.2, -0.15) is 0 Å². The van der Waals surface area contributed by atoms with Gasteiger partial charge in [-0.3, -0.25) is 9.69 Å². The number of carbonyl (C=O) groups is 1. The maximum Gasteiger partial charge on any atom is 0.320 e. The van der Waals surface area contributed by atoms with Crippen LogP contribution in [0.2, 0.25) is 0 Å². The van der Waals surface area contributed by atoms with E-state index in [0.717, 1.165) is 43.5 Å². The summed E-state index contributed by atoms with van der Waals surface area (Å²) >= 11 is 0. The summed E-state index contributed by atoms with van der Waals surface area (Å²) in [5.41, 5.74) is 3.25. The third-order valence-electron chi connectivity index (χ3n) is 4.47. The van der Waals surface area contributed by atoms with Gasteiger partial charge in [0.05, 0.1) is 0 Å². The minimum Gasteiger partial charge on any atom is -0.508 e. The van der Waals surface area contributed by atoms with Gasteiger partial charge in [0.2, 0.25) is 0 Å². The fourth-order valence-electron chi connectivity index (χ4n) is 3.20. The molecule has 1 atom stereocenters. The Kier molecular flexibility index (Phi) is 4.63. The largest absolute Gasteiger partial charge is 0.508 e. The number of likely N-dealkylation sites (tertiary alicyclic amines) is 1. The molecule has 0 radical (unpaired) electrons. The lowest BCUT2D eigenvalue weighted by molar-refractivity contribution is -0.142. The molecule has 2 aromatic carbocycles. The maximum absolute atomic E-state index is 11.2. The second kappa shape index (κ2) is 6.84. The van der Waals surface area contributed by atoms with Gasteiger partial charge in [0.25, 0.3) is 0 Å². The molecule has 1 aliphatic rings. The zero-order valence-corrected chi connectivity index (χ0v) is 13.0. The molecule has 4 heteroatoms. The average Bonchev–Trinajstić information content (AvgIpc) is 3.02. The molecule has 120 valence electrons. The SMILES string of the molecule is O=C(O)[C@@H]1CCCN1CCc1ccc(-c2cccc(O)c2)cc1. The van der Waals surface area contributed by atoms with Crippen LogP contribution in [-0.2, 0) is 11.2 Å². The molecule has 1 aliphatic heterocycles. The van der Waals surface area contributed by atoms with E-state index in [1.807, 2.05) is 24.3 Å². The molecular formula is C19H21NO3. The number of hydrogen-bond donors (Lipinski definition) is 2. The van der Waals surface area contributed by atoms with Crippen LogP contribution in [0, 0.1) is 0 Å². The number of benzene rings is 2. The van der Waals surface area contributed by atoms with E-state index in [0.29, 0.717) is 0 Å². The minimum absolute atomic E-state index is 0.264. The van der Waals surface area contributed by atoms with Gasteiger partial charge in [0, 0.05) is 6.54 Å².